The van der Waals surface area contributed by atoms with Gasteiger partial charge in [-0.3, -0.25) is 4.98 Å². The molecule has 0 bridgehead atoms. The second kappa shape index (κ2) is 4.46. The molecule has 1 N–H and O–H groups in total. The van der Waals surface area contributed by atoms with Gasteiger partial charge in [0.2, 0.25) is 0 Å². The smallest absolute Gasteiger partial charge is 0.0705 e. The highest BCUT2D eigenvalue weighted by atomic mass is 14.9. The van der Waals surface area contributed by atoms with Crippen molar-refractivity contribution in [1.82, 2.24) is 10.3 Å². The largest absolute Gasteiger partial charge is 0.313 e. The topological polar surface area (TPSA) is 24.9 Å². The maximum absolute atomic E-state index is 4.41. The summed E-state index contributed by atoms with van der Waals surface area (Å²) in [5.74, 6) is 0. The minimum atomic E-state index is 0.192. The van der Waals surface area contributed by atoms with E-state index in [-0.39, 0.29) is 5.41 Å². The highest BCUT2D eigenvalue weighted by Gasteiger charge is 2.24. The van der Waals surface area contributed by atoms with Crippen molar-refractivity contribution in [3.05, 3.63) is 42.1 Å². The van der Waals surface area contributed by atoms with Crippen LogP contribution in [-0.2, 0) is 0 Å². The predicted molar refractivity (Wildman–Crippen MR) is 73.0 cm³/mol. The first-order valence-corrected chi connectivity index (χ1v) is 6.04. The van der Waals surface area contributed by atoms with E-state index in [2.05, 4.69) is 55.3 Å². The van der Waals surface area contributed by atoms with Gasteiger partial charge in [0.05, 0.1) is 5.52 Å². The van der Waals surface area contributed by atoms with Crippen LogP contribution in [0, 0.1) is 5.41 Å². The third-order valence-electron chi connectivity index (χ3n) is 3.12. The average Bonchev–Trinajstić information content (AvgIpc) is 2.28. The van der Waals surface area contributed by atoms with E-state index in [1.54, 1.807) is 0 Å². The van der Waals surface area contributed by atoms with Crippen LogP contribution >= 0.6 is 0 Å². The Labute approximate surface area is 103 Å². The molecule has 1 heterocycles. The van der Waals surface area contributed by atoms with Crippen LogP contribution in [0.5, 0.6) is 0 Å². The van der Waals surface area contributed by atoms with Crippen molar-refractivity contribution in [3.8, 4) is 0 Å². The zero-order chi connectivity index (χ0) is 12.5. The number of benzene rings is 1. The normalized spacial score (nSPS) is 13.9. The lowest BCUT2D eigenvalue weighted by atomic mass is 9.82. The van der Waals surface area contributed by atoms with E-state index in [4.69, 9.17) is 0 Å². The summed E-state index contributed by atoms with van der Waals surface area (Å²) >= 11 is 0. The van der Waals surface area contributed by atoms with Crippen LogP contribution < -0.4 is 5.32 Å². The monoisotopic (exact) mass is 228 g/mol. The summed E-state index contributed by atoms with van der Waals surface area (Å²) in [6, 6.07) is 10.9. The first-order chi connectivity index (χ1) is 8.02. The maximum atomic E-state index is 4.41. The van der Waals surface area contributed by atoms with Gasteiger partial charge in [0, 0.05) is 17.6 Å². The standard InChI is InChI=1S/C15H20N2/c1-15(2,3)14(16-4)12-8-7-11-6-5-9-17-13(11)10-12/h5-10,14,16H,1-4H3. The lowest BCUT2D eigenvalue weighted by Gasteiger charge is -2.31. The Morgan fingerprint density at radius 1 is 1.18 bits per heavy atom. The molecule has 0 spiro atoms. The molecular formula is C15H20N2. The van der Waals surface area contributed by atoms with Gasteiger partial charge in [-0.05, 0) is 30.2 Å². The first-order valence-electron chi connectivity index (χ1n) is 6.04. The molecule has 0 aliphatic rings. The van der Waals surface area contributed by atoms with E-state index in [9.17, 15) is 0 Å². The van der Waals surface area contributed by atoms with Crippen LogP contribution in [0.1, 0.15) is 32.4 Å². The molecule has 2 heteroatoms. The van der Waals surface area contributed by atoms with Crippen molar-refractivity contribution < 1.29 is 0 Å². The summed E-state index contributed by atoms with van der Waals surface area (Å²) in [6.45, 7) is 6.74. The molecule has 1 aromatic carbocycles. The fourth-order valence-corrected chi connectivity index (χ4v) is 2.36. The summed E-state index contributed by atoms with van der Waals surface area (Å²) in [6.07, 6.45) is 1.84. The van der Waals surface area contributed by atoms with Crippen molar-refractivity contribution in [2.24, 2.45) is 5.41 Å². The second-order valence-electron chi connectivity index (χ2n) is 5.54. The number of nitrogens with one attached hydrogen (secondary N) is 1. The Morgan fingerprint density at radius 2 is 1.94 bits per heavy atom. The number of nitrogens with zero attached hydrogens (tertiary/aromatic N) is 1. The van der Waals surface area contributed by atoms with E-state index in [0.717, 1.165) is 5.52 Å². The van der Waals surface area contributed by atoms with Crippen LogP contribution in [-0.4, -0.2) is 12.0 Å². The van der Waals surface area contributed by atoms with E-state index in [1.807, 2.05) is 19.3 Å². The van der Waals surface area contributed by atoms with E-state index >= 15 is 0 Å². The average molecular weight is 228 g/mol. The molecule has 0 aliphatic heterocycles. The van der Waals surface area contributed by atoms with Crippen molar-refractivity contribution in [3.63, 3.8) is 0 Å². The zero-order valence-corrected chi connectivity index (χ0v) is 11.0. The number of rotatable bonds is 2. The molecular weight excluding hydrogens is 208 g/mol. The van der Waals surface area contributed by atoms with Crippen molar-refractivity contribution >= 4 is 10.9 Å². The molecule has 0 saturated heterocycles. The zero-order valence-electron chi connectivity index (χ0n) is 11.0. The Morgan fingerprint density at radius 3 is 2.59 bits per heavy atom. The highest BCUT2D eigenvalue weighted by Crippen LogP contribution is 2.33. The number of hydrogen-bond donors (Lipinski definition) is 1. The summed E-state index contributed by atoms with van der Waals surface area (Å²) in [7, 11) is 2.01. The number of hydrogen-bond acceptors (Lipinski definition) is 2. The van der Waals surface area contributed by atoms with E-state index < -0.39 is 0 Å². The minimum Gasteiger partial charge on any atom is -0.313 e. The molecule has 2 nitrogen and oxygen atoms in total. The van der Waals surface area contributed by atoms with Crippen molar-refractivity contribution in [1.29, 1.82) is 0 Å². The fraction of sp³-hybridized carbons (Fsp3) is 0.400. The van der Waals surface area contributed by atoms with Gasteiger partial charge in [0.1, 0.15) is 0 Å². The Balaban J connectivity index is 2.48. The Kier molecular flexibility index (Phi) is 3.16. The number of fused-ring (bicyclic) bond motifs is 1. The van der Waals surface area contributed by atoms with Gasteiger partial charge in [-0.2, -0.15) is 0 Å². The summed E-state index contributed by atoms with van der Waals surface area (Å²) in [5, 5.41) is 4.59. The molecule has 0 aliphatic carbocycles. The molecule has 2 rings (SSSR count). The molecule has 0 fully saturated rings. The fourth-order valence-electron chi connectivity index (χ4n) is 2.36. The Bertz CT molecular complexity index is 512. The summed E-state index contributed by atoms with van der Waals surface area (Å²) < 4.78 is 0. The molecule has 0 amide bonds. The second-order valence-corrected chi connectivity index (χ2v) is 5.54. The molecule has 1 unspecified atom stereocenters. The highest BCUT2D eigenvalue weighted by molar-refractivity contribution is 5.79. The van der Waals surface area contributed by atoms with Gasteiger partial charge < -0.3 is 5.32 Å². The van der Waals surface area contributed by atoms with Gasteiger partial charge in [-0.25, -0.2) is 0 Å². The quantitative estimate of drug-likeness (QED) is 0.850. The third-order valence-corrected chi connectivity index (χ3v) is 3.12. The molecule has 90 valence electrons. The van der Waals surface area contributed by atoms with Gasteiger partial charge in [-0.15, -0.1) is 0 Å². The first kappa shape index (κ1) is 12.1. The van der Waals surface area contributed by atoms with E-state index in [1.165, 1.54) is 10.9 Å². The summed E-state index contributed by atoms with van der Waals surface area (Å²) in [4.78, 5) is 4.41. The molecule has 17 heavy (non-hydrogen) atoms. The van der Waals surface area contributed by atoms with Gasteiger partial charge >= 0.3 is 0 Å². The van der Waals surface area contributed by atoms with Crippen LogP contribution in [0.4, 0.5) is 0 Å². The van der Waals surface area contributed by atoms with E-state index in [0.29, 0.717) is 6.04 Å². The lowest BCUT2D eigenvalue weighted by Crippen LogP contribution is -2.29. The van der Waals surface area contributed by atoms with Gasteiger partial charge in [0.25, 0.3) is 0 Å². The van der Waals surface area contributed by atoms with Gasteiger partial charge in [-0.1, -0.05) is 39.0 Å². The van der Waals surface area contributed by atoms with Crippen molar-refractivity contribution in [2.75, 3.05) is 7.05 Å². The van der Waals surface area contributed by atoms with Gasteiger partial charge in [0.15, 0.2) is 0 Å². The predicted octanol–water partition coefficient (Wildman–Crippen LogP) is 3.54. The van der Waals surface area contributed by atoms with Crippen LogP contribution in [0.3, 0.4) is 0 Å². The van der Waals surface area contributed by atoms with Crippen molar-refractivity contribution in [2.45, 2.75) is 26.8 Å². The molecule has 0 radical (unpaired) electrons. The minimum absolute atomic E-state index is 0.192. The maximum Gasteiger partial charge on any atom is 0.0705 e. The molecule has 2 aromatic rings. The molecule has 1 atom stereocenters. The SMILES string of the molecule is CNC(c1ccc2cccnc2c1)C(C)(C)C. The third kappa shape index (κ3) is 2.47. The molecule has 1 aromatic heterocycles. The van der Waals surface area contributed by atoms with Crippen LogP contribution in [0.2, 0.25) is 0 Å². The molecule has 0 saturated carbocycles. The van der Waals surface area contributed by atoms with Crippen LogP contribution in [0.15, 0.2) is 36.5 Å². The Hall–Kier alpha value is -1.41. The lowest BCUT2D eigenvalue weighted by molar-refractivity contribution is 0.287. The summed E-state index contributed by atoms with van der Waals surface area (Å²) in [5.41, 5.74) is 2.55. The number of pyridine rings is 1. The number of aromatic nitrogens is 1. The van der Waals surface area contributed by atoms with Crippen LogP contribution in [0.25, 0.3) is 10.9 Å².